The maximum absolute atomic E-state index is 9.36. The molecule has 2 aromatic carbocycles. The predicted molar refractivity (Wildman–Crippen MR) is 126 cm³/mol. The van der Waals surface area contributed by atoms with Gasteiger partial charge >= 0.3 is 0 Å². The van der Waals surface area contributed by atoms with Crippen molar-refractivity contribution < 1.29 is 5.11 Å². The van der Waals surface area contributed by atoms with Crippen molar-refractivity contribution >= 4 is 29.9 Å². The molecule has 3 rings (SSSR count). The van der Waals surface area contributed by atoms with Gasteiger partial charge in [-0.05, 0) is 61.7 Å². The number of likely N-dealkylation sites (tertiary alicyclic amines) is 1. The average molecular weight is 494 g/mol. The van der Waals surface area contributed by atoms with Crippen LogP contribution in [0.5, 0.6) is 5.75 Å². The van der Waals surface area contributed by atoms with Crippen molar-refractivity contribution in [3.8, 4) is 5.75 Å². The Kier molecular flexibility index (Phi) is 9.57. The molecule has 1 heterocycles. The summed E-state index contributed by atoms with van der Waals surface area (Å²) >= 11 is 0. The molecule has 0 atom stereocenters. The van der Waals surface area contributed by atoms with Crippen molar-refractivity contribution in [3.05, 3.63) is 65.2 Å². The SMILES string of the molecule is CCNC(=NCc1ccc(O)cc1)NCc1ccc(CN2CCCC2)cc1.I. The fourth-order valence-electron chi connectivity index (χ4n) is 3.26. The lowest BCUT2D eigenvalue weighted by Gasteiger charge is -2.15. The van der Waals surface area contributed by atoms with Crippen LogP contribution in [0.4, 0.5) is 0 Å². The normalized spacial score (nSPS) is 14.5. The molecule has 0 spiro atoms. The molecule has 5 nitrogen and oxygen atoms in total. The summed E-state index contributed by atoms with van der Waals surface area (Å²) in [6, 6.07) is 16.0. The molecular formula is C22H31IN4O. The second-order valence-corrected chi connectivity index (χ2v) is 7.01. The van der Waals surface area contributed by atoms with Crippen molar-refractivity contribution in [3.63, 3.8) is 0 Å². The summed E-state index contributed by atoms with van der Waals surface area (Å²) in [5.41, 5.74) is 3.69. The van der Waals surface area contributed by atoms with Crippen LogP contribution in [0.3, 0.4) is 0 Å². The average Bonchev–Trinajstić information content (AvgIpc) is 3.19. The van der Waals surface area contributed by atoms with E-state index in [0.29, 0.717) is 6.54 Å². The quantitative estimate of drug-likeness (QED) is 0.311. The summed E-state index contributed by atoms with van der Waals surface area (Å²) < 4.78 is 0. The maximum atomic E-state index is 9.36. The number of guanidine groups is 1. The van der Waals surface area contributed by atoms with Crippen LogP contribution in [0, 0.1) is 0 Å². The largest absolute Gasteiger partial charge is 0.508 e. The number of rotatable bonds is 7. The first-order chi connectivity index (χ1) is 13.2. The Morgan fingerprint density at radius 3 is 2.18 bits per heavy atom. The molecule has 1 fully saturated rings. The van der Waals surface area contributed by atoms with Crippen molar-refractivity contribution in [2.75, 3.05) is 19.6 Å². The third kappa shape index (κ3) is 7.31. The summed E-state index contributed by atoms with van der Waals surface area (Å²) in [4.78, 5) is 7.14. The second-order valence-electron chi connectivity index (χ2n) is 7.01. The third-order valence-electron chi connectivity index (χ3n) is 4.79. The first kappa shape index (κ1) is 22.5. The number of nitrogens with one attached hydrogen (secondary N) is 2. The lowest BCUT2D eigenvalue weighted by atomic mass is 10.1. The molecule has 0 amide bonds. The van der Waals surface area contributed by atoms with Crippen molar-refractivity contribution in [1.82, 2.24) is 15.5 Å². The molecule has 0 aliphatic carbocycles. The van der Waals surface area contributed by atoms with Crippen molar-refractivity contribution in [2.24, 2.45) is 4.99 Å². The summed E-state index contributed by atoms with van der Waals surface area (Å²) in [5, 5.41) is 16.0. The number of hydrogen-bond donors (Lipinski definition) is 3. The van der Waals surface area contributed by atoms with Gasteiger partial charge in [0.2, 0.25) is 0 Å². The van der Waals surface area contributed by atoms with Crippen molar-refractivity contribution in [2.45, 2.75) is 39.4 Å². The molecule has 3 N–H and O–H groups in total. The van der Waals surface area contributed by atoms with Gasteiger partial charge in [0, 0.05) is 19.6 Å². The van der Waals surface area contributed by atoms with Crippen LogP contribution in [0.15, 0.2) is 53.5 Å². The van der Waals surface area contributed by atoms with Crippen LogP contribution in [0.25, 0.3) is 0 Å². The van der Waals surface area contributed by atoms with Crippen LogP contribution >= 0.6 is 24.0 Å². The molecule has 28 heavy (non-hydrogen) atoms. The second kappa shape index (κ2) is 11.9. The topological polar surface area (TPSA) is 59.9 Å². The molecule has 0 unspecified atom stereocenters. The van der Waals surface area contributed by atoms with E-state index in [1.807, 2.05) is 12.1 Å². The lowest BCUT2D eigenvalue weighted by molar-refractivity contribution is 0.331. The van der Waals surface area contributed by atoms with E-state index in [-0.39, 0.29) is 29.7 Å². The fraction of sp³-hybridized carbons (Fsp3) is 0.409. The molecule has 2 aromatic rings. The first-order valence-electron chi connectivity index (χ1n) is 9.83. The summed E-state index contributed by atoms with van der Waals surface area (Å²) in [6.07, 6.45) is 2.66. The summed E-state index contributed by atoms with van der Waals surface area (Å²) in [7, 11) is 0. The van der Waals surface area contributed by atoms with E-state index in [4.69, 9.17) is 0 Å². The molecular weight excluding hydrogens is 463 g/mol. The lowest BCUT2D eigenvalue weighted by Crippen LogP contribution is -2.36. The van der Waals surface area contributed by atoms with Gasteiger partial charge in [-0.3, -0.25) is 4.90 Å². The minimum Gasteiger partial charge on any atom is -0.508 e. The van der Waals surface area contributed by atoms with Gasteiger partial charge in [0.05, 0.1) is 6.54 Å². The minimum absolute atomic E-state index is 0. The monoisotopic (exact) mass is 494 g/mol. The van der Waals surface area contributed by atoms with E-state index in [1.165, 1.54) is 37.1 Å². The van der Waals surface area contributed by atoms with E-state index in [0.717, 1.165) is 31.2 Å². The van der Waals surface area contributed by atoms with Gasteiger partial charge in [-0.15, -0.1) is 24.0 Å². The molecule has 6 heteroatoms. The number of phenolic OH excluding ortho intramolecular Hbond substituents is 1. The van der Waals surface area contributed by atoms with Crippen LogP contribution < -0.4 is 10.6 Å². The fourth-order valence-corrected chi connectivity index (χ4v) is 3.26. The van der Waals surface area contributed by atoms with Gasteiger partial charge in [-0.1, -0.05) is 36.4 Å². The van der Waals surface area contributed by atoms with Crippen LogP contribution in [0.1, 0.15) is 36.5 Å². The highest BCUT2D eigenvalue weighted by Crippen LogP contribution is 2.13. The third-order valence-corrected chi connectivity index (χ3v) is 4.79. The van der Waals surface area contributed by atoms with E-state index in [1.54, 1.807) is 12.1 Å². The van der Waals surface area contributed by atoms with Crippen LogP contribution in [-0.4, -0.2) is 35.6 Å². The zero-order valence-electron chi connectivity index (χ0n) is 16.5. The minimum atomic E-state index is 0. The van der Waals surface area contributed by atoms with E-state index in [2.05, 4.69) is 51.7 Å². The van der Waals surface area contributed by atoms with Crippen LogP contribution in [0.2, 0.25) is 0 Å². The highest BCUT2D eigenvalue weighted by Gasteiger charge is 2.11. The molecule has 0 radical (unpaired) electrons. The highest BCUT2D eigenvalue weighted by molar-refractivity contribution is 14.0. The zero-order chi connectivity index (χ0) is 18.9. The van der Waals surface area contributed by atoms with Gasteiger partial charge in [-0.2, -0.15) is 0 Å². The number of aliphatic imine (C=N–C) groups is 1. The van der Waals surface area contributed by atoms with Gasteiger partial charge in [0.25, 0.3) is 0 Å². The summed E-state index contributed by atoms with van der Waals surface area (Å²) in [6.45, 7) is 7.71. The number of hydrogen-bond acceptors (Lipinski definition) is 3. The van der Waals surface area contributed by atoms with Crippen LogP contribution in [-0.2, 0) is 19.6 Å². The first-order valence-corrected chi connectivity index (χ1v) is 9.83. The molecule has 152 valence electrons. The number of benzene rings is 2. The van der Waals surface area contributed by atoms with E-state index >= 15 is 0 Å². The number of halogens is 1. The van der Waals surface area contributed by atoms with E-state index < -0.39 is 0 Å². The Hall–Kier alpha value is -1.80. The standard InChI is InChI=1S/C22H30N4O.HI/c1-2-23-22(25-16-19-9-11-21(27)12-10-19)24-15-18-5-7-20(8-6-18)17-26-13-3-4-14-26;/h5-12,27H,2-4,13-17H2,1H3,(H2,23,24,25);1H. The van der Waals surface area contributed by atoms with Gasteiger partial charge in [0.1, 0.15) is 5.75 Å². The van der Waals surface area contributed by atoms with Crippen molar-refractivity contribution in [1.29, 1.82) is 0 Å². The molecule has 0 saturated carbocycles. The van der Waals surface area contributed by atoms with Gasteiger partial charge in [0.15, 0.2) is 5.96 Å². The zero-order valence-corrected chi connectivity index (χ0v) is 18.9. The molecule has 1 aliphatic heterocycles. The summed E-state index contributed by atoms with van der Waals surface area (Å²) in [5.74, 6) is 1.08. The Morgan fingerprint density at radius 1 is 0.929 bits per heavy atom. The number of aromatic hydroxyl groups is 1. The maximum Gasteiger partial charge on any atom is 0.191 e. The molecule has 0 aromatic heterocycles. The number of nitrogens with zero attached hydrogens (tertiary/aromatic N) is 2. The Labute approximate surface area is 185 Å². The van der Waals surface area contributed by atoms with E-state index in [9.17, 15) is 5.11 Å². The number of phenols is 1. The Bertz CT molecular complexity index is 725. The molecule has 1 saturated heterocycles. The molecule has 1 aliphatic rings. The van der Waals surface area contributed by atoms with Gasteiger partial charge in [-0.25, -0.2) is 4.99 Å². The molecule has 0 bridgehead atoms. The van der Waals surface area contributed by atoms with Gasteiger partial charge < -0.3 is 15.7 Å². The Balaban J connectivity index is 0.00000280. The predicted octanol–water partition coefficient (Wildman–Crippen LogP) is 3.86. The Morgan fingerprint density at radius 2 is 1.54 bits per heavy atom. The smallest absolute Gasteiger partial charge is 0.191 e. The highest BCUT2D eigenvalue weighted by atomic mass is 127.